The van der Waals surface area contributed by atoms with Gasteiger partial charge in [0.15, 0.2) is 0 Å². The first kappa shape index (κ1) is 16.7. The molecule has 1 heterocycles. The van der Waals surface area contributed by atoms with Crippen molar-refractivity contribution in [1.29, 1.82) is 0 Å². The molecular formula is C16H32N4O. The molecule has 1 atom stereocenters. The predicted molar refractivity (Wildman–Crippen MR) is 85.9 cm³/mol. The summed E-state index contributed by atoms with van der Waals surface area (Å²) in [7, 11) is 0. The van der Waals surface area contributed by atoms with E-state index in [-0.39, 0.29) is 0 Å². The maximum Gasteiger partial charge on any atom is 0.237 e. The zero-order valence-electron chi connectivity index (χ0n) is 13.5. The Kier molecular flexibility index (Phi) is 6.02. The number of hydrogen-bond donors (Lipinski definition) is 2. The van der Waals surface area contributed by atoms with Gasteiger partial charge >= 0.3 is 0 Å². The van der Waals surface area contributed by atoms with Crippen molar-refractivity contribution < 1.29 is 4.79 Å². The number of nitrogens with zero attached hydrogens (tertiary/aromatic N) is 2. The Morgan fingerprint density at radius 3 is 2.33 bits per heavy atom. The van der Waals surface area contributed by atoms with Gasteiger partial charge in [-0.25, -0.2) is 0 Å². The average Bonchev–Trinajstić information content (AvgIpc) is 2.98. The van der Waals surface area contributed by atoms with Crippen LogP contribution in [-0.2, 0) is 4.79 Å². The summed E-state index contributed by atoms with van der Waals surface area (Å²) in [5, 5.41) is 0. The molecule has 5 heteroatoms. The molecule has 0 aromatic heterocycles. The van der Waals surface area contributed by atoms with Crippen LogP contribution in [-0.4, -0.2) is 60.0 Å². The lowest BCUT2D eigenvalue weighted by Crippen LogP contribution is -2.50. The molecule has 4 N–H and O–H groups in total. The highest BCUT2D eigenvalue weighted by molar-refractivity contribution is 5.83. The van der Waals surface area contributed by atoms with Crippen molar-refractivity contribution in [2.24, 2.45) is 11.5 Å². The average molecular weight is 296 g/mol. The Hall–Kier alpha value is -0.650. The number of unbranched alkanes of at least 4 members (excludes halogenated alkanes) is 1. The van der Waals surface area contributed by atoms with E-state index in [1.54, 1.807) is 6.92 Å². The molecule has 5 nitrogen and oxygen atoms in total. The van der Waals surface area contributed by atoms with E-state index in [0.717, 1.165) is 25.4 Å². The lowest BCUT2D eigenvalue weighted by atomic mass is 9.95. The topological polar surface area (TPSA) is 75.6 Å². The van der Waals surface area contributed by atoms with Gasteiger partial charge in [-0.15, -0.1) is 0 Å². The van der Waals surface area contributed by atoms with Gasteiger partial charge in [0.05, 0.1) is 5.54 Å². The number of rotatable bonds is 7. The van der Waals surface area contributed by atoms with Gasteiger partial charge in [-0.05, 0) is 45.6 Å². The molecular weight excluding hydrogens is 264 g/mol. The van der Waals surface area contributed by atoms with Crippen LogP contribution in [0.2, 0.25) is 0 Å². The van der Waals surface area contributed by atoms with Crippen LogP contribution in [0.1, 0.15) is 51.9 Å². The molecule has 2 rings (SSSR count). The van der Waals surface area contributed by atoms with Crippen LogP contribution in [0.3, 0.4) is 0 Å². The normalized spacial score (nSPS) is 25.0. The second kappa shape index (κ2) is 7.56. The van der Waals surface area contributed by atoms with Crippen molar-refractivity contribution in [3.8, 4) is 0 Å². The van der Waals surface area contributed by atoms with Crippen LogP contribution in [0.5, 0.6) is 0 Å². The smallest absolute Gasteiger partial charge is 0.237 e. The summed E-state index contributed by atoms with van der Waals surface area (Å²) in [6.45, 7) is 7.67. The standard InChI is InChI=1S/C16H32N4O/c1-16(18,15(17)21)8-4-5-9-19-10-12-20(13-11-19)14-6-2-3-7-14/h14H,2-13,18H2,1H3,(H2,17,21). The number of nitrogens with two attached hydrogens (primary N) is 2. The van der Waals surface area contributed by atoms with Crippen LogP contribution in [0.15, 0.2) is 0 Å². The van der Waals surface area contributed by atoms with E-state index in [1.807, 2.05) is 0 Å². The molecule has 2 aliphatic rings. The summed E-state index contributed by atoms with van der Waals surface area (Å²) < 4.78 is 0. The Morgan fingerprint density at radius 1 is 1.14 bits per heavy atom. The van der Waals surface area contributed by atoms with Gasteiger partial charge in [-0.3, -0.25) is 9.69 Å². The van der Waals surface area contributed by atoms with E-state index >= 15 is 0 Å². The molecule has 0 bridgehead atoms. The van der Waals surface area contributed by atoms with E-state index in [2.05, 4.69) is 9.80 Å². The quantitative estimate of drug-likeness (QED) is 0.685. The Labute approximate surface area is 129 Å². The summed E-state index contributed by atoms with van der Waals surface area (Å²) >= 11 is 0. The number of carbonyl (C=O) groups is 1. The number of piperazine rings is 1. The minimum absolute atomic E-state index is 0.396. The van der Waals surface area contributed by atoms with Crippen molar-refractivity contribution in [2.45, 2.75) is 63.5 Å². The molecule has 1 saturated carbocycles. The minimum Gasteiger partial charge on any atom is -0.368 e. The lowest BCUT2D eigenvalue weighted by molar-refractivity contribution is -0.122. The van der Waals surface area contributed by atoms with Crippen LogP contribution in [0.25, 0.3) is 0 Å². The van der Waals surface area contributed by atoms with Crippen LogP contribution >= 0.6 is 0 Å². The molecule has 0 radical (unpaired) electrons. The highest BCUT2D eigenvalue weighted by atomic mass is 16.1. The Morgan fingerprint density at radius 2 is 1.76 bits per heavy atom. The van der Waals surface area contributed by atoms with Crippen LogP contribution < -0.4 is 11.5 Å². The molecule has 21 heavy (non-hydrogen) atoms. The molecule has 0 aromatic rings. The summed E-state index contributed by atoms with van der Waals surface area (Å²) in [6, 6.07) is 0.862. The monoisotopic (exact) mass is 296 g/mol. The molecule has 1 unspecified atom stereocenters. The maximum atomic E-state index is 11.2. The van der Waals surface area contributed by atoms with Gasteiger partial charge in [0.25, 0.3) is 0 Å². The van der Waals surface area contributed by atoms with Crippen molar-refractivity contribution >= 4 is 5.91 Å². The summed E-state index contributed by atoms with van der Waals surface area (Å²) in [5.74, 6) is -0.396. The van der Waals surface area contributed by atoms with Gasteiger partial charge in [-0.1, -0.05) is 12.8 Å². The second-order valence-corrected chi connectivity index (χ2v) is 7.05. The van der Waals surface area contributed by atoms with Gasteiger partial charge in [0, 0.05) is 32.2 Å². The maximum absolute atomic E-state index is 11.2. The minimum atomic E-state index is -0.846. The third-order valence-corrected chi connectivity index (χ3v) is 5.23. The fourth-order valence-electron chi connectivity index (χ4n) is 3.57. The highest BCUT2D eigenvalue weighted by Gasteiger charge is 2.27. The zero-order valence-corrected chi connectivity index (χ0v) is 13.5. The molecule has 1 aliphatic heterocycles. The van der Waals surface area contributed by atoms with E-state index < -0.39 is 11.4 Å². The number of primary amides is 1. The molecule has 0 aromatic carbocycles. The fraction of sp³-hybridized carbons (Fsp3) is 0.938. The lowest BCUT2D eigenvalue weighted by Gasteiger charge is -2.38. The molecule has 2 fully saturated rings. The second-order valence-electron chi connectivity index (χ2n) is 7.05. The summed E-state index contributed by atoms with van der Waals surface area (Å²) in [5.41, 5.74) is 10.3. The van der Waals surface area contributed by atoms with E-state index in [4.69, 9.17) is 11.5 Å². The van der Waals surface area contributed by atoms with Gasteiger partial charge in [0.1, 0.15) is 0 Å². The first-order chi connectivity index (χ1) is 9.99. The largest absolute Gasteiger partial charge is 0.368 e. The highest BCUT2D eigenvalue weighted by Crippen LogP contribution is 2.24. The van der Waals surface area contributed by atoms with E-state index in [9.17, 15) is 4.79 Å². The van der Waals surface area contributed by atoms with Crippen molar-refractivity contribution in [3.05, 3.63) is 0 Å². The SMILES string of the molecule is CC(N)(CCCCN1CCN(C2CCCC2)CC1)C(N)=O. The predicted octanol–water partition coefficient (Wildman–Crippen LogP) is 0.920. The summed E-state index contributed by atoms with van der Waals surface area (Å²) in [6.07, 6.45) is 8.41. The van der Waals surface area contributed by atoms with Gasteiger partial charge in [-0.2, -0.15) is 0 Å². The molecule has 0 spiro atoms. The number of hydrogen-bond acceptors (Lipinski definition) is 4. The third kappa shape index (κ3) is 4.94. The molecule has 1 saturated heterocycles. The summed E-state index contributed by atoms with van der Waals surface area (Å²) in [4.78, 5) is 16.4. The molecule has 122 valence electrons. The number of carbonyl (C=O) groups excluding carboxylic acids is 1. The third-order valence-electron chi connectivity index (χ3n) is 5.23. The van der Waals surface area contributed by atoms with Crippen molar-refractivity contribution in [2.75, 3.05) is 32.7 Å². The van der Waals surface area contributed by atoms with Crippen molar-refractivity contribution in [1.82, 2.24) is 9.80 Å². The first-order valence-electron chi connectivity index (χ1n) is 8.54. The first-order valence-corrected chi connectivity index (χ1v) is 8.54. The van der Waals surface area contributed by atoms with Crippen LogP contribution in [0.4, 0.5) is 0 Å². The van der Waals surface area contributed by atoms with Crippen LogP contribution in [0, 0.1) is 0 Å². The van der Waals surface area contributed by atoms with Crippen molar-refractivity contribution in [3.63, 3.8) is 0 Å². The Balaban J connectivity index is 1.57. The zero-order chi connectivity index (χ0) is 15.3. The Bertz CT molecular complexity index is 331. The van der Waals surface area contributed by atoms with E-state index in [0.29, 0.717) is 6.42 Å². The fourth-order valence-corrected chi connectivity index (χ4v) is 3.57. The van der Waals surface area contributed by atoms with Gasteiger partial charge < -0.3 is 16.4 Å². The van der Waals surface area contributed by atoms with E-state index in [1.165, 1.54) is 51.9 Å². The van der Waals surface area contributed by atoms with Gasteiger partial charge in [0.2, 0.25) is 5.91 Å². The number of amides is 1. The molecule has 1 aliphatic carbocycles. The molecule has 1 amide bonds.